The quantitative estimate of drug-likeness (QED) is 0.533. The van der Waals surface area contributed by atoms with Crippen LogP contribution in [0.15, 0.2) is 23.4 Å². The Labute approximate surface area is 78.8 Å². The van der Waals surface area contributed by atoms with Gasteiger partial charge in [0.1, 0.15) is 5.76 Å². The summed E-state index contributed by atoms with van der Waals surface area (Å²) >= 11 is 1.67. The third kappa shape index (κ3) is 2.83. The van der Waals surface area contributed by atoms with Crippen LogP contribution in [-0.2, 0) is 4.43 Å². The van der Waals surface area contributed by atoms with Crippen LogP contribution in [0, 0.1) is 0 Å². The molecule has 3 heteroatoms. The first-order valence-electron chi connectivity index (χ1n) is 3.89. The Kier molecular flexibility index (Phi) is 2.75. The molecule has 0 atom stereocenters. The Bertz CT molecular complexity index is 259. The van der Waals surface area contributed by atoms with E-state index >= 15 is 0 Å². The molecule has 0 amide bonds. The van der Waals surface area contributed by atoms with Gasteiger partial charge in [-0.1, -0.05) is 6.58 Å². The maximum atomic E-state index is 5.73. The van der Waals surface area contributed by atoms with Crippen LogP contribution in [0.25, 0.3) is 5.76 Å². The highest BCUT2D eigenvalue weighted by molar-refractivity contribution is 7.08. The van der Waals surface area contributed by atoms with Gasteiger partial charge in [-0.05, 0) is 31.1 Å². The molecule has 0 N–H and O–H groups in total. The highest BCUT2D eigenvalue weighted by atomic mass is 32.1. The zero-order valence-corrected chi connectivity index (χ0v) is 9.57. The van der Waals surface area contributed by atoms with E-state index in [-0.39, 0.29) is 0 Å². The van der Waals surface area contributed by atoms with E-state index in [2.05, 4.69) is 31.6 Å². The summed E-state index contributed by atoms with van der Waals surface area (Å²) < 4.78 is 5.73. The summed E-state index contributed by atoms with van der Waals surface area (Å²) in [7, 11) is -1.47. The van der Waals surface area contributed by atoms with Gasteiger partial charge in [0.2, 0.25) is 8.32 Å². The van der Waals surface area contributed by atoms with Crippen molar-refractivity contribution in [2.24, 2.45) is 0 Å². The smallest absolute Gasteiger partial charge is 0.242 e. The minimum absolute atomic E-state index is 0.815. The number of hydrogen-bond acceptors (Lipinski definition) is 2. The summed E-state index contributed by atoms with van der Waals surface area (Å²) in [6.45, 7) is 10.4. The van der Waals surface area contributed by atoms with Crippen LogP contribution in [0.5, 0.6) is 0 Å². The van der Waals surface area contributed by atoms with E-state index < -0.39 is 8.32 Å². The normalized spacial score (nSPS) is 11.2. The van der Waals surface area contributed by atoms with Gasteiger partial charge < -0.3 is 4.43 Å². The number of thiophene rings is 1. The van der Waals surface area contributed by atoms with Crippen molar-refractivity contribution >= 4 is 25.4 Å². The van der Waals surface area contributed by atoms with Crippen molar-refractivity contribution in [1.29, 1.82) is 0 Å². The van der Waals surface area contributed by atoms with Crippen LogP contribution >= 0.6 is 11.3 Å². The Balaban J connectivity index is 2.63. The molecular weight excluding hydrogens is 184 g/mol. The maximum Gasteiger partial charge on any atom is 0.242 e. The fourth-order valence-corrected chi connectivity index (χ4v) is 2.37. The summed E-state index contributed by atoms with van der Waals surface area (Å²) in [5.41, 5.74) is 1.11. The number of rotatable bonds is 3. The molecule has 66 valence electrons. The average molecular weight is 198 g/mol. The second kappa shape index (κ2) is 3.45. The largest absolute Gasteiger partial charge is 0.544 e. The van der Waals surface area contributed by atoms with Gasteiger partial charge in [-0.2, -0.15) is 11.3 Å². The lowest BCUT2D eigenvalue weighted by Gasteiger charge is -2.20. The molecule has 12 heavy (non-hydrogen) atoms. The molecule has 1 rings (SSSR count). The molecule has 0 aromatic carbocycles. The molecule has 1 heterocycles. The van der Waals surface area contributed by atoms with Crippen LogP contribution in [0.3, 0.4) is 0 Å². The van der Waals surface area contributed by atoms with Crippen molar-refractivity contribution in [2.45, 2.75) is 19.6 Å². The molecule has 1 aromatic rings. The summed E-state index contributed by atoms with van der Waals surface area (Å²) in [5, 5.41) is 4.09. The van der Waals surface area contributed by atoms with Gasteiger partial charge in [0.05, 0.1) is 0 Å². The molecule has 0 saturated carbocycles. The summed E-state index contributed by atoms with van der Waals surface area (Å²) in [4.78, 5) is 0. The Morgan fingerprint density at radius 1 is 1.50 bits per heavy atom. The molecule has 0 bridgehead atoms. The first-order chi connectivity index (χ1) is 5.49. The van der Waals surface area contributed by atoms with E-state index in [0.29, 0.717) is 0 Å². The molecule has 1 aromatic heterocycles. The van der Waals surface area contributed by atoms with Crippen molar-refractivity contribution in [3.8, 4) is 0 Å². The molecule has 0 radical (unpaired) electrons. The van der Waals surface area contributed by atoms with E-state index in [1.165, 1.54) is 0 Å². The van der Waals surface area contributed by atoms with Crippen LogP contribution in [-0.4, -0.2) is 8.32 Å². The first-order valence-corrected chi connectivity index (χ1v) is 8.24. The SMILES string of the molecule is C=C(O[Si](C)(C)C)c1ccsc1. The molecule has 0 unspecified atom stereocenters. The van der Waals surface area contributed by atoms with Crippen molar-refractivity contribution < 1.29 is 4.43 Å². The lowest BCUT2D eigenvalue weighted by molar-refractivity contribution is 0.516. The van der Waals surface area contributed by atoms with E-state index in [9.17, 15) is 0 Å². The van der Waals surface area contributed by atoms with E-state index in [1.54, 1.807) is 11.3 Å². The fourth-order valence-electron chi connectivity index (χ4n) is 0.852. The summed E-state index contributed by atoms with van der Waals surface area (Å²) in [6.07, 6.45) is 0. The summed E-state index contributed by atoms with van der Waals surface area (Å²) in [6, 6.07) is 2.03. The predicted molar refractivity (Wildman–Crippen MR) is 57.8 cm³/mol. The van der Waals surface area contributed by atoms with Crippen LogP contribution in [0.1, 0.15) is 5.56 Å². The third-order valence-electron chi connectivity index (χ3n) is 1.27. The molecular formula is C9H14OSSi. The van der Waals surface area contributed by atoms with Gasteiger partial charge in [-0.3, -0.25) is 0 Å². The molecule has 1 nitrogen and oxygen atoms in total. The minimum Gasteiger partial charge on any atom is -0.544 e. The van der Waals surface area contributed by atoms with Crippen molar-refractivity contribution in [1.82, 2.24) is 0 Å². The maximum absolute atomic E-state index is 5.73. The molecule has 0 aliphatic rings. The molecule has 0 saturated heterocycles. The zero-order valence-electron chi connectivity index (χ0n) is 7.76. The zero-order chi connectivity index (χ0) is 9.19. The Morgan fingerprint density at radius 2 is 2.17 bits per heavy atom. The van der Waals surface area contributed by atoms with Crippen molar-refractivity contribution in [3.05, 3.63) is 29.0 Å². The van der Waals surface area contributed by atoms with E-state index in [4.69, 9.17) is 4.43 Å². The van der Waals surface area contributed by atoms with Crippen molar-refractivity contribution in [2.75, 3.05) is 0 Å². The topological polar surface area (TPSA) is 9.23 Å². The summed E-state index contributed by atoms with van der Waals surface area (Å²) in [5.74, 6) is 0.815. The minimum atomic E-state index is -1.47. The monoisotopic (exact) mass is 198 g/mol. The van der Waals surface area contributed by atoms with E-state index in [0.717, 1.165) is 11.3 Å². The van der Waals surface area contributed by atoms with Crippen LogP contribution in [0.4, 0.5) is 0 Å². The lowest BCUT2D eigenvalue weighted by atomic mass is 10.3. The Hall–Kier alpha value is -0.543. The third-order valence-corrected chi connectivity index (χ3v) is 2.81. The molecule has 0 fully saturated rings. The first kappa shape index (κ1) is 9.54. The van der Waals surface area contributed by atoms with Gasteiger partial charge in [-0.25, -0.2) is 0 Å². The van der Waals surface area contributed by atoms with Crippen LogP contribution in [0.2, 0.25) is 19.6 Å². The van der Waals surface area contributed by atoms with Gasteiger partial charge in [0, 0.05) is 10.9 Å². The second-order valence-corrected chi connectivity index (χ2v) is 8.86. The van der Waals surface area contributed by atoms with Gasteiger partial charge in [0.25, 0.3) is 0 Å². The second-order valence-electron chi connectivity index (χ2n) is 3.65. The van der Waals surface area contributed by atoms with Gasteiger partial charge >= 0.3 is 0 Å². The standard InChI is InChI=1S/C9H14OSSi/c1-8(10-12(2,3)4)9-5-6-11-7-9/h5-7H,1H2,2-4H3. The predicted octanol–water partition coefficient (Wildman–Crippen LogP) is 3.57. The molecule has 0 spiro atoms. The van der Waals surface area contributed by atoms with Gasteiger partial charge in [0.15, 0.2) is 0 Å². The molecule has 0 aliphatic carbocycles. The highest BCUT2D eigenvalue weighted by Crippen LogP contribution is 2.20. The number of hydrogen-bond donors (Lipinski definition) is 0. The lowest BCUT2D eigenvalue weighted by Crippen LogP contribution is -2.23. The van der Waals surface area contributed by atoms with Gasteiger partial charge in [-0.15, -0.1) is 0 Å². The molecule has 0 aliphatic heterocycles. The highest BCUT2D eigenvalue weighted by Gasteiger charge is 2.17. The fraction of sp³-hybridized carbons (Fsp3) is 0.333. The average Bonchev–Trinajstić information content (AvgIpc) is 2.32. The Morgan fingerprint density at radius 3 is 2.58 bits per heavy atom. The van der Waals surface area contributed by atoms with Crippen LogP contribution < -0.4 is 0 Å². The van der Waals surface area contributed by atoms with Crippen molar-refractivity contribution in [3.63, 3.8) is 0 Å². The van der Waals surface area contributed by atoms with E-state index in [1.807, 2.05) is 11.4 Å².